The summed E-state index contributed by atoms with van der Waals surface area (Å²) in [5.41, 5.74) is 0.596. The molecule has 0 atom stereocenters. The van der Waals surface area contributed by atoms with Crippen LogP contribution in [0.4, 0.5) is 0 Å². The second-order valence-electron chi connectivity index (χ2n) is 4.82. The lowest BCUT2D eigenvalue weighted by molar-refractivity contribution is -0.130. The Morgan fingerprint density at radius 1 is 1.21 bits per heavy atom. The molecule has 1 aliphatic rings. The van der Waals surface area contributed by atoms with E-state index < -0.39 is 0 Å². The minimum absolute atomic E-state index is 0.00306. The molecule has 0 aliphatic carbocycles. The van der Waals surface area contributed by atoms with Crippen LogP contribution in [-0.2, 0) is 4.79 Å². The summed E-state index contributed by atoms with van der Waals surface area (Å²) in [5, 5.41) is 1.31. The lowest BCUT2D eigenvalue weighted by Gasteiger charge is -2.35. The maximum absolute atomic E-state index is 12.2. The highest BCUT2D eigenvalue weighted by atomic mass is 16.2. The first-order chi connectivity index (χ1) is 9.09. The monoisotopic (exact) mass is 261 g/mol. The number of benzene rings is 1. The van der Waals surface area contributed by atoms with Gasteiger partial charge in [-0.2, -0.15) is 0 Å². The van der Waals surface area contributed by atoms with Crippen molar-refractivity contribution in [3.63, 3.8) is 0 Å². The fourth-order valence-corrected chi connectivity index (χ4v) is 2.35. The minimum Gasteiger partial charge on any atom is -0.343 e. The van der Waals surface area contributed by atoms with E-state index in [1.165, 1.54) is 5.01 Å². The highest BCUT2D eigenvalue weighted by Crippen LogP contribution is 2.16. The van der Waals surface area contributed by atoms with Crippen molar-refractivity contribution in [3.8, 4) is 0 Å². The van der Waals surface area contributed by atoms with E-state index in [0.29, 0.717) is 18.7 Å². The molecule has 1 heterocycles. The van der Waals surface area contributed by atoms with Gasteiger partial charge in [0, 0.05) is 25.6 Å². The number of amides is 2. The molecule has 0 unspecified atom stereocenters. The van der Waals surface area contributed by atoms with Crippen LogP contribution in [0.5, 0.6) is 0 Å². The Kier molecular flexibility index (Phi) is 4.16. The normalized spacial score (nSPS) is 16.2. The number of nitrogens with zero attached hydrogens (tertiary/aromatic N) is 2. The number of carbonyl (C=O) groups excluding carboxylic acids is 2. The summed E-state index contributed by atoms with van der Waals surface area (Å²) < 4.78 is 0. The van der Waals surface area contributed by atoms with Gasteiger partial charge in [-0.1, -0.05) is 18.2 Å². The van der Waals surface area contributed by atoms with Gasteiger partial charge in [0.1, 0.15) is 0 Å². The van der Waals surface area contributed by atoms with Crippen molar-refractivity contribution in [1.82, 2.24) is 9.91 Å². The van der Waals surface area contributed by atoms with Crippen LogP contribution in [0, 0.1) is 0 Å². The number of rotatable bonds is 2. The molecule has 0 spiro atoms. The zero-order chi connectivity index (χ0) is 13.8. The molecule has 2 N–H and O–H groups in total. The molecule has 0 aromatic heterocycles. The van der Waals surface area contributed by atoms with E-state index in [1.807, 2.05) is 18.2 Å². The van der Waals surface area contributed by atoms with Crippen LogP contribution in [0.1, 0.15) is 30.1 Å². The van der Waals surface area contributed by atoms with Crippen molar-refractivity contribution in [3.05, 3.63) is 35.9 Å². The van der Waals surface area contributed by atoms with E-state index in [0.717, 1.165) is 12.8 Å². The zero-order valence-electron chi connectivity index (χ0n) is 11.1. The SMILES string of the molecule is CC(=O)N1CCC(N(N)C(=O)c2ccccc2)CC1. The van der Waals surface area contributed by atoms with Crippen molar-refractivity contribution >= 4 is 11.8 Å². The Hall–Kier alpha value is -1.88. The summed E-state index contributed by atoms with van der Waals surface area (Å²) in [6.07, 6.45) is 1.46. The first-order valence-electron chi connectivity index (χ1n) is 6.48. The first-order valence-corrected chi connectivity index (χ1v) is 6.48. The average molecular weight is 261 g/mol. The topological polar surface area (TPSA) is 66.6 Å². The van der Waals surface area contributed by atoms with Crippen LogP contribution in [0.2, 0.25) is 0 Å². The molecule has 2 amide bonds. The zero-order valence-corrected chi connectivity index (χ0v) is 11.1. The Bertz CT molecular complexity index is 453. The lowest BCUT2D eigenvalue weighted by atomic mass is 10.0. The number of carbonyl (C=O) groups is 2. The molecule has 5 heteroatoms. The predicted molar refractivity (Wildman–Crippen MR) is 72.1 cm³/mol. The average Bonchev–Trinajstić information content (AvgIpc) is 2.46. The Morgan fingerprint density at radius 2 is 1.79 bits per heavy atom. The maximum atomic E-state index is 12.2. The Labute approximate surface area is 112 Å². The van der Waals surface area contributed by atoms with Crippen LogP contribution in [-0.4, -0.2) is 40.9 Å². The fourth-order valence-electron chi connectivity index (χ4n) is 2.35. The van der Waals surface area contributed by atoms with Crippen molar-refractivity contribution in [2.24, 2.45) is 5.84 Å². The molecule has 19 heavy (non-hydrogen) atoms. The standard InChI is InChI=1S/C14H19N3O2/c1-11(18)16-9-7-13(8-10-16)17(15)14(19)12-5-3-2-4-6-12/h2-6,13H,7-10,15H2,1H3. The lowest BCUT2D eigenvalue weighted by Crippen LogP contribution is -2.51. The molecule has 1 fully saturated rings. The molecule has 0 bridgehead atoms. The first kappa shape index (κ1) is 13.5. The van der Waals surface area contributed by atoms with Gasteiger partial charge < -0.3 is 4.90 Å². The second kappa shape index (κ2) is 5.84. The van der Waals surface area contributed by atoms with Gasteiger partial charge in [0.2, 0.25) is 5.91 Å². The molecule has 2 rings (SSSR count). The number of nitrogens with two attached hydrogens (primary N) is 1. The van der Waals surface area contributed by atoms with Gasteiger partial charge in [0.15, 0.2) is 0 Å². The van der Waals surface area contributed by atoms with E-state index in [-0.39, 0.29) is 17.9 Å². The quantitative estimate of drug-likeness (QED) is 0.491. The van der Waals surface area contributed by atoms with Crippen LogP contribution in [0.3, 0.4) is 0 Å². The molecular formula is C14H19N3O2. The number of hydrogen-bond donors (Lipinski definition) is 1. The third kappa shape index (κ3) is 3.12. The van der Waals surface area contributed by atoms with Gasteiger partial charge in [-0.3, -0.25) is 14.6 Å². The number of piperidine rings is 1. The minimum atomic E-state index is -0.165. The van der Waals surface area contributed by atoms with Crippen LogP contribution < -0.4 is 5.84 Å². The van der Waals surface area contributed by atoms with Crippen molar-refractivity contribution < 1.29 is 9.59 Å². The van der Waals surface area contributed by atoms with E-state index in [1.54, 1.807) is 24.0 Å². The van der Waals surface area contributed by atoms with E-state index in [9.17, 15) is 9.59 Å². The molecule has 1 saturated heterocycles. The molecule has 1 aromatic carbocycles. The van der Waals surface area contributed by atoms with Gasteiger partial charge in [0.05, 0.1) is 6.04 Å². The van der Waals surface area contributed by atoms with Gasteiger partial charge in [-0.15, -0.1) is 0 Å². The number of hydrazine groups is 1. The van der Waals surface area contributed by atoms with Crippen LogP contribution in [0.25, 0.3) is 0 Å². The van der Waals surface area contributed by atoms with E-state index in [4.69, 9.17) is 5.84 Å². The molecule has 1 aromatic rings. The van der Waals surface area contributed by atoms with Gasteiger partial charge >= 0.3 is 0 Å². The van der Waals surface area contributed by atoms with Crippen molar-refractivity contribution in [2.45, 2.75) is 25.8 Å². The molecule has 0 radical (unpaired) electrons. The number of likely N-dealkylation sites (tertiary alicyclic amines) is 1. The van der Waals surface area contributed by atoms with Gasteiger partial charge in [-0.25, -0.2) is 5.84 Å². The summed E-state index contributed by atoms with van der Waals surface area (Å²) in [6, 6.07) is 9.02. The molecule has 0 saturated carbocycles. The predicted octanol–water partition coefficient (Wildman–Crippen LogP) is 1.01. The largest absolute Gasteiger partial charge is 0.343 e. The molecule has 102 valence electrons. The summed E-state index contributed by atoms with van der Waals surface area (Å²) in [6.45, 7) is 2.89. The highest BCUT2D eigenvalue weighted by molar-refractivity contribution is 5.94. The summed E-state index contributed by atoms with van der Waals surface area (Å²) in [7, 11) is 0. The Balaban J connectivity index is 1.96. The van der Waals surface area contributed by atoms with Crippen molar-refractivity contribution in [2.75, 3.05) is 13.1 Å². The van der Waals surface area contributed by atoms with Gasteiger partial charge in [0.25, 0.3) is 5.91 Å². The third-order valence-corrected chi connectivity index (χ3v) is 3.56. The van der Waals surface area contributed by atoms with Crippen LogP contribution in [0.15, 0.2) is 30.3 Å². The fraction of sp³-hybridized carbons (Fsp3) is 0.429. The summed E-state index contributed by atoms with van der Waals surface area (Å²) >= 11 is 0. The molecular weight excluding hydrogens is 242 g/mol. The second-order valence-corrected chi connectivity index (χ2v) is 4.82. The molecule has 5 nitrogen and oxygen atoms in total. The Morgan fingerprint density at radius 3 is 2.32 bits per heavy atom. The van der Waals surface area contributed by atoms with Gasteiger partial charge in [-0.05, 0) is 25.0 Å². The maximum Gasteiger partial charge on any atom is 0.268 e. The highest BCUT2D eigenvalue weighted by Gasteiger charge is 2.27. The molecule has 1 aliphatic heterocycles. The van der Waals surface area contributed by atoms with E-state index >= 15 is 0 Å². The van der Waals surface area contributed by atoms with Crippen molar-refractivity contribution in [1.29, 1.82) is 0 Å². The third-order valence-electron chi connectivity index (χ3n) is 3.56. The van der Waals surface area contributed by atoms with E-state index in [2.05, 4.69) is 0 Å². The smallest absolute Gasteiger partial charge is 0.268 e. The summed E-state index contributed by atoms with van der Waals surface area (Å²) in [4.78, 5) is 25.2. The number of hydrogen-bond acceptors (Lipinski definition) is 3. The summed E-state index contributed by atoms with van der Waals surface area (Å²) in [5.74, 6) is 5.84. The van der Waals surface area contributed by atoms with Crippen LogP contribution >= 0.6 is 0 Å².